The fourth-order valence-electron chi connectivity index (χ4n) is 4.55. The number of hydrogen-bond acceptors (Lipinski definition) is 5. The smallest absolute Gasteiger partial charge is 0.332 e. The minimum Gasteiger partial charge on any atom is -0.504 e. The highest BCUT2D eigenvalue weighted by molar-refractivity contribution is 5.96. The first kappa shape index (κ1) is 24.9. The average Bonchev–Trinajstić information content (AvgIpc) is 2.89. The molecule has 6 nitrogen and oxygen atoms in total. The molecule has 0 amide bonds. The van der Waals surface area contributed by atoms with E-state index in [1.54, 1.807) is 0 Å². The molecule has 2 N–H and O–H groups in total. The van der Waals surface area contributed by atoms with Crippen LogP contribution in [-0.4, -0.2) is 27.6 Å². The molecule has 2 unspecified atom stereocenters. The number of hydrogen-bond donors (Lipinski definition) is 2. The lowest BCUT2D eigenvalue weighted by molar-refractivity contribution is -0.156. The van der Waals surface area contributed by atoms with Crippen LogP contribution in [-0.2, 0) is 38.7 Å². The van der Waals surface area contributed by atoms with Crippen LogP contribution in [0, 0.1) is 5.92 Å². The molecule has 184 valence electrons. The number of benzene rings is 3. The Bertz CT molecular complexity index is 1260. The van der Waals surface area contributed by atoms with Crippen LogP contribution in [0.2, 0.25) is 0 Å². The fourth-order valence-corrected chi connectivity index (χ4v) is 4.55. The fraction of sp³-hybridized carbons (Fsp3) is 0.200. The molecule has 1 aliphatic carbocycles. The summed E-state index contributed by atoms with van der Waals surface area (Å²) in [5.74, 6) is -3.16. The highest BCUT2D eigenvalue weighted by atomic mass is 16.6. The van der Waals surface area contributed by atoms with Crippen molar-refractivity contribution < 1.29 is 29.3 Å². The molecule has 1 aliphatic rings. The molecule has 0 fully saturated rings. The van der Waals surface area contributed by atoms with Gasteiger partial charge in [0, 0.05) is 11.5 Å². The molecule has 2 atom stereocenters. The number of aliphatic hydroxyl groups excluding tert-OH is 1. The van der Waals surface area contributed by atoms with E-state index < -0.39 is 29.0 Å². The van der Waals surface area contributed by atoms with E-state index in [0.717, 1.165) is 16.7 Å². The first-order valence-electron chi connectivity index (χ1n) is 11.7. The molecular formula is C30H28O6. The third-order valence-electron chi connectivity index (χ3n) is 6.32. The van der Waals surface area contributed by atoms with Crippen LogP contribution in [0.5, 0.6) is 0 Å². The highest BCUT2D eigenvalue weighted by Crippen LogP contribution is 2.44. The van der Waals surface area contributed by atoms with Crippen LogP contribution in [0.25, 0.3) is 0 Å². The maximum absolute atomic E-state index is 13.5. The summed E-state index contributed by atoms with van der Waals surface area (Å²) < 4.78 is 12.4. The van der Waals surface area contributed by atoms with Crippen molar-refractivity contribution in [3.8, 4) is 0 Å². The summed E-state index contributed by atoms with van der Waals surface area (Å²) in [5.41, 5.74) is 0.474. The van der Waals surface area contributed by atoms with Crippen LogP contribution < -0.4 is 0 Å². The minimum atomic E-state index is -1.85. The van der Waals surface area contributed by atoms with E-state index in [0.29, 0.717) is 0 Å². The molecule has 0 spiro atoms. The Hall–Kier alpha value is -4.16. The predicted molar refractivity (Wildman–Crippen MR) is 135 cm³/mol. The summed E-state index contributed by atoms with van der Waals surface area (Å²) >= 11 is 0. The van der Waals surface area contributed by atoms with Gasteiger partial charge in [0.15, 0.2) is 22.9 Å². The third-order valence-corrected chi connectivity index (χ3v) is 6.32. The van der Waals surface area contributed by atoms with E-state index in [1.165, 1.54) is 13.0 Å². The number of allylic oxidation sites excluding steroid dienone is 1. The van der Waals surface area contributed by atoms with Gasteiger partial charge in [-0.2, -0.15) is 0 Å². The van der Waals surface area contributed by atoms with Gasteiger partial charge < -0.3 is 19.7 Å². The van der Waals surface area contributed by atoms with Gasteiger partial charge in [-0.05, 0) is 36.1 Å². The van der Waals surface area contributed by atoms with Crippen molar-refractivity contribution in [2.75, 3.05) is 0 Å². The number of ketones is 1. The molecule has 4 rings (SSSR count). The summed E-state index contributed by atoms with van der Waals surface area (Å²) in [6.45, 7) is 1.43. The molecular weight excluding hydrogens is 456 g/mol. The van der Waals surface area contributed by atoms with Gasteiger partial charge in [-0.1, -0.05) is 91.0 Å². The SMILES string of the molecule is CC(=O)C1(OCc2ccccc2)C(OCc2ccccc2)=C(O)C=C(C(=O)O)C1Cc1ccccc1. The molecule has 0 heterocycles. The summed E-state index contributed by atoms with van der Waals surface area (Å²) in [4.78, 5) is 25.9. The molecule has 0 radical (unpaired) electrons. The summed E-state index contributed by atoms with van der Waals surface area (Å²) in [6, 6.07) is 27.9. The van der Waals surface area contributed by atoms with Crippen molar-refractivity contribution >= 4 is 11.8 Å². The second-order valence-corrected chi connectivity index (χ2v) is 8.70. The molecule has 3 aromatic rings. The second kappa shape index (κ2) is 11.1. The number of carbonyl (C=O) groups excluding carboxylic acids is 1. The highest BCUT2D eigenvalue weighted by Gasteiger charge is 2.55. The topological polar surface area (TPSA) is 93.1 Å². The van der Waals surface area contributed by atoms with Crippen LogP contribution >= 0.6 is 0 Å². The van der Waals surface area contributed by atoms with Crippen molar-refractivity contribution in [2.45, 2.75) is 32.2 Å². The van der Waals surface area contributed by atoms with E-state index in [1.807, 2.05) is 91.0 Å². The number of ether oxygens (including phenoxy) is 2. The van der Waals surface area contributed by atoms with Gasteiger partial charge >= 0.3 is 5.97 Å². The molecule has 0 bridgehead atoms. The zero-order valence-corrected chi connectivity index (χ0v) is 20.0. The number of aliphatic hydroxyl groups is 1. The van der Waals surface area contributed by atoms with Gasteiger partial charge in [0.25, 0.3) is 0 Å². The summed E-state index contributed by atoms with van der Waals surface area (Å²) in [7, 11) is 0. The third kappa shape index (κ3) is 5.24. The number of aliphatic carboxylic acids is 1. The largest absolute Gasteiger partial charge is 0.504 e. The molecule has 0 aromatic heterocycles. The van der Waals surface area contributed by atoms with Gasteiger partial charge in [0.05, 0.1) is 6.61 Å². The number of rotatable bonds is 10. The normalized spacial score (nSPS) is 19.5. The maximum Gasteiger partial charge on any atom is 0.332 e. The average molecular weight is 485 g/mol. The molecule has 0 saturated carbocycles. The lowest BCUT2D eigenvalue weighted by Gasteiger charge is -2.42. The van der Waals surface area contributed by atoms with E-state index in [2.05, 4.69) is 0 Å². The van der Waals surface area contributed by atoms with Crippen molar-refractivity contribution in [1.82, 2.24) is 0 Å². The number of Topliss-reactive ketones (excluding diaryl/α,β-unsaturated/α-hetero) is 1. The van der Waals surface area contributed by atoms with Crippen molar-refractivity contribution in [2.24, 2.45) is 5.92 Å². The van der Waals surface area contributed by atoms with Crippen LogP contribution in [0.4, 0.5) is 0 Å². The first-order chi connectivity index (χ1) is 17.4. The molecule has 6 heteroatoms. The zero-order valence-electron chi connectivity index (χ0n) is 20.0. The Balaban J connectivity index is 1.82. The molecule has 3 aromatic carbocycles. The maximum atomic E-state index is 13.5. The van der Waals surface area contributed by atoms with E-state index >= 15 is 0 Å². The standard InChI is InChI=1S/C30H28O6/c1-21(31)30(36-20-24-15-9-4-10-16-24)26(17-22-11-5-2-6-12-22)25(29(33)34)18-27(32)28(30)35-19-23-13-7-3-8-14-23/h2-16,18,26,32H,17,19-20H2,1H3,(H,33,34). The molecule has 0 aliphatic heterocycles. The van der Waals surface area contributed by atoms with E-state index in [9.17, 15) is 19.8 Å². The Morgan fingerprint density at radius 3 is 1.81 bits per heavy atom. The number of carboxylic acids is 1. The predicted octanol–water partition coefficient (Wildman–Crippen LogP) is 5.40. The minimum absolute atomic E-state index is 0.0179. The lowest BCUT2D eigenvalue weighted by Crippen LogP contribution is -2.54. The van der Waals surface area contributed by atoms with Gasteiger partial charge in [-0.3, -0.25) is 4.79 Å². The number of carbonyl (C=O) groups is 2. The van der Waals surface area contributed by atoms with Crippen molar-refractivity contribution in [3.05, 3.63) is 131 Å². The quantitative estimate of drug-likeness (QED) is 0.400. The van der Waals surface area contributed by atoms with Crippen molar-refractivity contribution in [1.29, 1.82) is 0 Å². The molecule has 0 saturated heterocycles. The monoisotopic (exact) mass is 484 g/mol. The van der Waals surface area contributed by atoms with E-state index in [4.69, 9.17) is 9.47 Å². The van der Waals surface area contributed by atoms with Crippen LogP contribution in [0.1, 0.15) is 23.6 Å². The summed E-state index contributed by atoms with van der Waals surface area (Å²) in [6.07, 6.45) is 1.36. The van der Waals surface area contributed by atoms with Gasteiger partial charge in [0.1, 0.15) is 6.61 Å². The van der Waals surface area contributed by atoms with E-state index in [-0.39, 0.29) is 31.0 Å². The Labute approximate surface area is 210 Å². The zero-order chi connectivity index (χ0) is 25.5. The Morgan fingerprint density at radius 1 is 0.806 bits per heavy atom. The van der Waals surface area contributed by atoms with Gasteiger partial charge in [-0.15, -0.1) is 0 Å². The first-order valence-corrected chi connectivity index (χ1v) is 11.7. The number of carboxylic acid groups (broad SMARTS) is 1. The van der Waals surface area contributed by atoms with Crippen LogP contribution in [0.15, 0.2) is 114 Å². The molecule has 36 heavy (non-hydrogen) atoms. The van der Waals surface area contributed by atoms with Crippen molar-refractivity contribution in [3.63, 3.8) is 0 Å². The Kier molecular flexibility index (Phi) is 7.66. The van der Waals surface area contributed by atoms with Gasteiger partial charge in [-0.25, -0.2) is 4.79 Å². The lowest BCUT2D eigenvalue weighted by atomic mass is 9.71. The second-order valence-electron chi connectivity index (χ2n) is 8.70. The van der Waals surface area contributed by atoms with Crippen LogP contribution in [0.3, 0.4) is 0 Å². The summed E-state index contributed by atoms with van der Waals surface area (Å²) in [5, 5.41) is 21.1. The van der Waals surface area contributed by atoms with Gasteiger partial charge in [0.2, 0.25) is 0 Å². The Morgan fingerprint density at radius 2 is 1.31 bits per heavy atom.